The molecule has 6 aromatic rings. The van der Waals surface area contributed by atoms with Gasteiger partial charge < -0.3 is 33.5 Å². The number of methoxy groups -OCH3 is 3. The van der Waals surface area contributed by atoms with Gasteiger partial charge in [0.1, 0.15) is 33.3 Å². The van der Waals surface area contributed by atoms with E-state index in [1.54, 1.807) is 31.1 Å². The van der Waals surface area contributed by atoms with Crippen molar-refractivity contribution in [2.45, 2.75) is 119 Å². The summed E-state index contributed by atoms with van der Waals surface area (Å²) in [5.74, 6) is 2.36. The molecular weight excluding hydrogens is 991 g/mol. The molecule has 2 fully saturated rings. The van der Waals surface area contributed by atoms with Crippen molar-refractivity contribution < 1.29 is 41.7 Å². The van der Waals surface area contributed by atoms with Crippen molar-refractivity contribution in [3.8, 4) is 39.8 Å². The van der Waals surface area contributed by atoms with Crippen LogP contribution < -0.4 is 14.2 Å². The van der Waals surface area contributed by atoms with E-state index in [9.17, 15) is 9.59 Å². The first-order valence-corrected chi connectivity index (χ1v) is 27.7. The molecule has 0 aliphatic carbocycles. The number of sulfonamides is 1. The lowest BCUT2D eigenvalue weighted by molar-refractivity contribution is 0.0199. The van der Waals surface area contributed by atoms with Crippen LogP contribution in [0.25, 0.3) is 22.5 Å². The van der Waals surface area contributed by atoms with Crippen LogP contribution in [0.4, 0.5) is 9.59 Å². The second kappa shape index (κ2) is 23.5. The van der Waals surface area contributed by atoms with E-state index >= 15 is 8.42 Å². The van der Waals surface area contributed by atoms with Gasteiger partial charge in [0.15, 0.2) is 0 Å². The fourth-order valence-corrected chi connectivity index (χ4v) is 12.5. The normalized spacial score (nSPS) is 15.0. The zero-order chi connectivity index (χ0) is 53.5. The second-order valence-electron chi connectivity index (χ2n) is 20.9. The number of nitrogens with zero attached hydrogens (tertiary/aromatic N) is 7. The summed E-state index contributed by atoms with van der Waals surface area (Å²) in [4.78, 5) is 31.6. The molecular formula is C57H69N7O9S2. The molecule has 0 spiro atoms. The molecule has 16 nitrogen and oxygen atoms in total. The molecule has 398 valence electrons. The van der Waals surface area contributed by atoms with Crippen molar-refractivity contribution in [1.82, 2.24) is 34.3 Å². The number of rotatable bonds is 16. The van der Waals surface area contributed by atoms with Gasteiger partial charge in [0.25, 0.3) is 0 Å². The highest BCUT2D eigenvalue weighted by atomic mass is 32.2. The molecule has 75 heavy (non-hydrogen) atoms. The number of ether oxygens (including phenoxy) is 5. The predicted octanol–water partition coefficient (Wildman–Crippen LogP) is 11.1. The van der Waals surface area contributed by atoms with Gasteiger partial charge in [-0.05, 0) is 154 Å². The SMILES string of the molecule is COc1ccc(CN(Cc2ccc(OC)cc2)S(=O)(=O)c2c(SC3CCN(C(=O)OC(C)(C)C)CC3)ccc(-c3ccc(C4CCN(C(=O)OC(C)(C)C)CC4)cc3)c2-c2nnn(Cc3ccc(OC)cc3)n2)cc1. The maximum atomic E-state index is 16.3. The third-order valence-corrected chi connectivity index (χ3v) is 16.5. The van der Waals surface area contributed by atoms with E-state index in [-0.39, 0.29) is 53.7 Å². The number of carbonyl (C=O) groups is 2. The van der Waals surface area contributed by atoms with E-state index in [2.05, 4.69) is 22.4 Å². The molecule has 0 radical (unpaired) electrons. The van der Waals surface area contributed by atoms with Crippen molar-refractivity contribution in [3.63, 3.8) is 0 Å². The lowest BCUT2D eigenvalue weighted by atomic mass is 9.88. The Hall–Kier alpha value is -6.63. The first kappa shape index (κ1) is 54.6. The number of piperidine rings is 2. The van der Waals surface area contributed by atoms with E-state index in [0.717, 1.165) is 40.7 Å². The summed E-state index contributed by atoms with van der Waals surface area (Å²) in [5, 5.41) is 14.1. The molecule has 5 aromatic carbocycles. The van der Waals surface area contributed by atoms with Gasteiger partial charge in [0.2, 0.25) is 15.8 Å². The number of hydrogen-bond donors (Lipinski definition) is 0. The lowest BCUT2D eigenvalue weighted by Crippen LogP contribution is -2.42. The van der Waals surface area contributed by atoms with Crippen LogP contribution in [0.1, 0.15) is 95.4 Å². The minimum Gasteiger partial charge on any atom is -0.497 e. The minimum atomic E-state index is -4.48. The first-order valence-electron chi connectivity index (χ1n) is 25.4. The Bertz CT molecular complexity index is 2950. The molecule has 3 heterocycles. The van der Waals surface area contributed by atoms with Crippen molar-refractivity contribution in [2.75, 3.05) is 47.5 Å². The van der Waals surface area contributed by atoms with Gasteiger partial charge in [-0.3, -0.25) is 0 Å². The van der Waals surface area contributed by atoms with Crippen molar-refractivity contribution in [1.29, 1.82) is 0 Å². The number of carbonyl (C=O) groups excluding carboxylic acids is 2. The topological polar surface area (TPSA) is 168 Å². The largest absolute Gasteiger partial charge is 0.497 e. The monoisotopic (exact) mass is 1060 g/mol. The number of tetrazole rings is 1. The highest BCUT2D eigenvalue weighted by molar-refractivity contribution is 8.00. The van der Waals surface area contributed by atoms with E-state index in [1.165, 1.54) is 20.9 Å². The Kier molecular flexibility index (Phi) is 17.1. The van der Waals surface area contributed by atoms with Gasteiger partial charge in [-0.25, -0.2) is 18.0 Å². The van der Waals surface area contributed by atoms with Crippen LogP contribution in [0.5, 0.6) is 17.2 Å². The average Bonchev–Trinajstić information content (AvgIpc) is 3.86. The molecule has 0 bridgehead atoms. The fourth-order valence-electron chi connectivity index (χ4n) is 9.22. The fraction of sp³-hybridized carbons (Fsp3) is 0.421. The van der Waals surface area contributed by atoms with Gasteiger partial charge in [0, 0.05) is 49.4 Å². The molecule has 0 unspecified atom stereocenters. The summed E-state index contributed by atoms with van der Waals surface area (Å²) < 4.78 is 61.9. The lowest BCUT2D eigenvalue weighted by Gasteiger charge is -2.34. The van der Waals surface area contributed by atoms with Crippen LogP contribution in [0.3, 0.4) is 0 Å². The van der Waals surface area contributed by atoms with Gasteiger partial charge in [-0.1, -0.05) is 66.7 Å². The smallest absolute Gasteiger partial charge is 0.410 e. The van der Waals surface area contributed by atoms with Crippen LogP contribution in [0.2, 0.25) is 0 Å². The Labute approximate surface area is 445 Å². The molecule has 0 saturated carbocycles. The molecule has 0 N–H and O–H groups in total. The second-order valence-corrected chi connectivity index (χ2v) is 24.1. The summed E-state index contributed by atoms with van der Waals surface area (Å²) in [7, 11) is 0.323. The number of hydrogen-bond acceptors (Lipinski definition) is 13. The third kappa shape index (κ3) is 14.0. The maximum Gasteiger partial charge on any atom is 0.410 e. The average molecular weight is 1060 g/mol. The summed E-state index contributed by atoms with van der Waals surface area (Å²) in [6.45, 7) is 13.5. The Morgan fingerprint density at radius 2 is 1.09 bits per heavy atom. The van der Waals surface area contributed by atoms with E-state index < -0.39 is 21.2 Å². The van der Waals surface area contributed by atoms with E-state index in [4.69, 9.17) is 28.8 Å². The van der Waals surface area contributed by atoms with Crippen LogP contribution in [-0.4, -0.2) is 119 Å². The van der Waals surface area contributed by atoms with Crippen molar-refractivity contribution in [3.05, 3.63) is 131 Å². The van der Waals surface area contributed by atoms with Gasteiger partial charge in [-0.2, -0.15) is 9.10 Å². The molecule has 2 amide bonds. The summed E-state index contributed by atoms with van der Waals surface area (Å²) in [5.41, 5.74) is 4.01. The van der Waals surface area contributed by atoms with Gasteiger partial charge >= 0.3 is 12.2 Å². The predicted molar refractivity (Wildman–Crippen MR) is 290 cm³/mol. The highest BCUT2D eigenvalue weighted by Gasteiger charge is 2.37. The van der Waals surface area contributed by atoms with Gasteiger partial charge in [-0.15, -0.1) is 22.0 Å². The zero-order valence-corrected chi connectivity index (χ0v) is 46.1. The number of amides is 2. The van der Waals surface area contributed by atoms with E-state index in [0.29, 0.717) is 72.3 Å². The standard InChI is InChI=1S/C57H69N7O9S2/c1-56(2,3)72-54(65)61-32-28-43(29-33-61)42-16-18-44(19-17-42)49-26-27-50(74-48-30-34-62(35-31-48)55(66)73-57(4,5)6)52(51(49)53-58-60-64(59-53)38-41-14-24-47(71-9)25-15-41)75(67,68)63(36-39-10-20-45(69-7)21-11-39)37-40-12-22-46(70-8)23-13-40/h10-27,43,48H,28-38H2,1-9H3. The molecule has 18 heteroatoms. The van der Waals surface area contributed by atoms with Crippen LogP contribution in [0.15, 0.2) is 119 Å². The molecule has 8 rings (SSSR count). The highest BCUT2D eigenvalue weighted by Crippen LogP contribution is 2.46. The van der Waals surface area contributed by atoms with Gasteiger partial charge in [0.05, 0.1) is 33.4 Å². The van der Waals surface area contributed by atoms with Crippen molar-refractivity contribution >= 4 is 34.0 Å². The molecule has 1 aromatic heterocycles. The van der Waals surface area contributed by atoms with Crippen LogP contribution in [0, 0.1) is 0 Å². The Balaban J connectivity index is 1.24. The molecule has 0 atom stereocenters. The summed E-state index contributed by atoms with van der Waals surface area (Å²) in [6, 6.07) is 34.5. The molecule has 2 aliphatic rings. The molecule has 2 saturated heterocycles. The number of aromatic nitrogens is 4. The Morgan fingerprint density at radius 3 is 1.56 bits per heavy atom. The number of likely N-dealkylation sites (tertiary alicyclic amines) is 2. The Morgan fingerprint density at radius 1 is 0.627 bits per heavy atom. The van der Waals surface area contributed by atoms with Crippen LogP contribution in [-0.2, 0) is 39.1 Å². The minimum absolute atomic E-state index is 0.0272. The quantitative estimate of drug-likeness (QED) is 0.0899. The number of thioether (sulfide) groups is 1. The molecule has 2 aliphatic heterocycles. The third-order valence-electron chi connectivity index (χ3n) is 13.1. The van der Waals surface area contributed by atoms with Crippen LogP contribution >= 0.6 is 11.8 Å². The maximum absolute atomic E-state index is 16.3. The zero-order valence-electron chi connectivity index (χ0n) is 44.4. The summed E-state index contributed by atoms with van der Waals surface area (Å²) in [6.07, 6.45) is 2.09. The summed E-state index contributed by atoms with van der Waals surface area (Å²) >= 11 is 1.49. The van der Waals surface area contributed by atoms with Crippen molar-refractivity contribution in [2.24, 2.45) is 0 Å². The number of benzene rings is 5. The van der Waals surface area contributed by atoms with E-state index in [1.807, 2.05) is 139 Å². The first-order chi connectivity index (χ1) is 35.8.